The van der Waals surface area contributed by atoms with Crippen molar-refractivity contribution in [2.24, 2.45) is 33.7 Å². The third-order valence-electron chi connectivity index (χ3n) is 13.6. The second kappa shape index (κ2) is 36.8. The molecule has 0 aromatic rings. The van der Waals surface area contributed by atoms with Crippen molar-refractivity contribution in [2.75, 3.05) is 33.2 Å². The number of unbranched alkanes of at least 4 members (excludes halogenated alkanes) is 1. The molecule has 15 N–H and O–H groups in total. The largest absolute Gasteiger partial charge is 0.370 e. The van der Waals surface area contributed by atoms with E-state index in [1.54, 1.807) is 13.8 Å². The van der Waals surface area contributed by atoms with Gasteiger partial charge in [-0.15, -0.1) is 0 Å². The minimum absolute atomic E-state index is 0.0178. The smallest absolute Gasteiger partial charge is 0.243 e. The van der Waals surface area contributed by atoms with Crippen molar-refractivity contribution in [2.45, 2.75) is 219 Å². The van der Waals surface area contributed by atoms with Gasteiger partial charge in [-0.1, -0.05) is 24.2 Å². The molecule has 0 saturated carbocycles. The monoisotopic (exact) mass is 1110 g/mol. The molecule has 0 aliphatic rings. The molecule has 9 atom stereocenters. The molecule has 0 aliphatic heterocycles. The van der Waals surface area contributed by atoms with Crippen LogP contribution in [0.25, 0.3) is 0 Å². The van der Waals surface area contributed by atoms with E-state index in [-0.39, 0.29) is 49.8 Å². The Morgan fingerprint density at radius 2 is 0.885 bits per heavy atom. The first kappa shape index (κ1) is 71.8. The van der Waals surface area contributed by atoms with Crippen LogP contribution in [-0.2, 0) is 47.9 Å². The van der Waals surface area contributed by atoms with Gasteiger partial charge in [0, 0.05) is 37.5 Å². The third kappa shape index (κ3) is 29.0. The van der Waals surface area contributed by atoms with Gasteiger partial charge in [-0.3, -0.25) is 47.9 Å². The predicted octanol–water partition coefficient (Wildman–Crippen LogP) is -0.625. The predicted molar refractivity (Wildman–Crippen MR) is 295 cm³/mol. The fourth-order valence-corrected chi connectivity index (χ4v) is 7.60. The Labute approximate surface area is 460 Å². The van der Waals surface area contributed by atoms with Crippen LogP contribution in [0.3, 0.4) is 0 Å². The highest BCUT2D eigenvalue weighted by Crippen LogP contribution is 2.18. The summed E-state index contributed by atoms with van der Waals surface area (Å²) >= 11 is 0. The van der Waals surface area contributed by atoms with Gasteiger partial charge in [0.2, 0.25) is 59.1 Å². The molecule has 10 amide bonds. The van der Waals surface area contributed by atoms with Crippen molar-refractivity contribution in [3.63, 3.8) is 0 Å². The summed E-state index contributed by atoms with van der Waals surface area (Å²) in [5, 5.41) is 36.0. The zero-order valence-electron chi connectivity index (χ0n) is 48.4. The van der Waals surface area contributed by atoms with Crippen molar-refractivity contribution < 1.29 is 47.9 Å². The standard InChI is InChI=1S/C51H95N15O12/c1-29(2)27-38(49(76)62-37(17-14-15-23-52)47(74)60-30(3)43(70)54-13)63-46(73)33(6)59-44(71)32(5)61-48(75)39(28-40(53)67)64-45(72)31(4)58-42(69)19-16-18-41(68)55-24-20-36(21-25-56-50(9,10)34(7)65-77)22-26-57-51(11,12)35(8)66-78/h29-39,56-57H,14-28,52H2,1-13H3,(H2,53,67)(H,54,70)(H,55,68)(H,58,69)(H,59,71)(H,60,74)(H,61,75)(H,62,76)(H,63,73)(H,64,72)/t30-,31-,32-,33-,34?,35?,36?,37-,38-,39-/m0/s1. The Hall–Kier alpha value is -6.22. The Kier molecular flexibility index (Phi) is 33.9. The SMILES string of the molecule is CNC(=O)[C@H](C)NC(=O)[C@H](CCCCN)NC(=O)[C@H](CC(C)C)NC(=O)[C@H](C)NC(=O)[C@H](C)NC(=O)[C@H](CC(N)=O)NC(=O)[C@H](C)NC(=O)CCCC(=O)NCCC(CCNC(C)(C)C(C)N=O)CCNC(C)(C)C(C)N=O. The molecule has 0 radical (unpaired) electrons. The van der Waals surface area contributed by atoms with Crippen molar-refractivity contribution >= 4 is 59.1 Å². The van der Waals surface area contributed by atoms with Gasteiger partial charge in [0.1, 0.15) is 54.4 Å². The van der Waals surface area contributed by atoms with E-state index in [9.17, 15) is 57.8 Å². The summed E-state index contributed by atoms with van der Waals surface area (Å²) in [5.41, 5.74) is 9.97. The zero-order chi connectivity index (χ0) is 59.9. The topological polar surface area (TPSA) is 414 Å². The van der Waals surface area contributed by atoms with E-state index < -0.39 is 125 Å². The highest BCUT2D eigenvalue weighted by Gasteiger charge is 2.33. The fraction of sp³-hybridized carbons (Fsp3) is 0.804. The molecule has 27 heteroatoms. The maximum atomic E-state index is 13.6. The molecule has 0 spiro atoms. The minimum Gasteiger partial charge on any atom is -0.370 e. The lowest BCUT2D eigenvalue weighted by molar-refractivity contribution is -0.136. The Morgan fingerprint density at radius 1 is 0.474 bits per heavy atom. The van der Waals surface area contributed by atoms with Gasteiger partial charge in [0.15, 0.2) is 0 Å². The van der Waals surface area contributed by atoms with Crippen LogP contribution in [0.2, 0.25) is 0 Å². The van der Waals surface area contributed by atoms with Gasteiger partial charge < -0.3 is 70.0 Å². The maximum Gasteiger partial charge on any atom is 0.243 e. The Morgan fingerprint density at radius 3 is 1.36 bits per heavy atom. The molecule has 78 heavy (non-hydrogen) atoms. The zero-order valence-corrected chi connectivity index (χ0v) is 48.4. The van der Waals surface area contributed by atoms with Crippen LogP contribution in [0.1, 0.15) is 154 Å². The van der Waals surface area contributed by atoms with E-state index in [4.69, 9.17) is 11.5 Å². The van der Waals surface area contributed by atoms with Crippen molar-refractivity contribution in [1.82, 2.24) is 58.5 Å². The molecule has 0 rings (SSSR count). The van der Waals surface area contributed by atoms with E-state index in [1.807, 2.05) is 41.5 Å². The van der Waals surface area contributed by atoms with E-state index in [1.165, 1.54) is 34.7 Å². The maximum absolute atomic E-state index is 13.6. The summed E-state index contributed by atoms with van der Waals surface area (Å²) < 4.78 is 0. The summed E-state index contributed by atoms with van der Waals surface area (Å²) in [4.78, 5) is 152. The number of primary amides is 1. The second-order valence-electron chi connectivity index (χ2n) is 21.7. The van der Waals surface area contributed by atoms with Gasteiger partial charge in [-0.05, 0) is 152 Å². The molecular weight excluding hydrogens is 1010 g/mol. The first-order valence-corrected chi connectivity index (χ1v) is 27.1. The molecule has 0 saturated heterocycles. The van der Waals surface area contributed by atoms with Gasteiger partial charge >= 0.3 is 0 Å². The number of nitrogens with one attached hydrogen (secondary N) is 11. The van der Waals surface area contributed by atoms with Crippen LogP contribution in [0, 0.1) is 21.6 Å². The van der Waals surface area contributed by atoms with Crippen molar-refractivity contribution in [1.29, 1.82) is 0 Å². The van der Waals surface area contributed by atoms with Gasteiger partial charge in [0.05, 0.1) is 6.42 Å². The Bertz CT molecular complexity index is 1960. The van der Waals surface area contributed by atoms with Gasteiger partial charge in [-0.25, -0.2) is 0 Å². The normalized spacial score (nSPS) is 15.4. The summed E-state index contributed by atoms with van der Waals surface area (Å²) in [5.74, 6) is -6.94. The first-order valence-electron chi connectivity index (χ1n) is 27.1. The summed E-state index contributed by atoms with van der Waals surface area (Å²) in [6, 6.07) is -9.35. The molecular formula is C51H95N15O12. The number of carbonyl (C=O) groups excluding carboxylic acids is 10. The third-order valence-corrected chi connectivity index (χ3v) is 13.6. The lowest BCUT2D eigenvalue weighted by atomic mass is 9.92. The molecule has 2 unspecified atom stereocenters. The molecule has 27 nitrogen and oxygen atoms in total. The highest BCUT2D eigenvalue weighted by molar-refractivity contribution is 5.98. The quantitative estimate of drug-likeness (QED) is 0.0268. The summed E-state index contributed by atoms with van der Waals surface area (Å²) in [6.45, 7) is 22.1. The van der Waals surface area contributed by atoms with Crippen LogP contribution < -0.4 is 70.0 Å². The lowest BCUT2D eigenvalue weighted by Crippen LogP contribution is -2.59. The minimum atomic E-state index is -1.57. The van der Waals surface area contributed by atoms with E-state index >= 15 is 0 Å². The molecule has 0 aromatic carbocycles. The van der Waals surface area contributed by atoms with Crippen LogP contribution in [0.4, 0.5) is 0 Å². The molecule has 0 fully saturated rings. The molecule has 0 heterocycles. The summed E-state index contributed by atoms with van der Waals surface area (Å²) in [6.07, 6.45) is 2.90. The second-order valence-corrected chi connectivity index (χ2v) is 21.7. The van der Waals surface area contributed by atoms with E-state index in [0.717, 1.165) is 12.8 Å². The number of nitrogens with two attached hydrogens (primary N) is 2. The fourth-order valence-electron chi connectivity index (χ4n) is 7.60. The number of likely N-dealkylation sites (N-methyl/N-ethyl adjacent to an activating group) is 1. The first-order chi connectivity index (χ1) is 36.3. The Balaban J connectivity index is 5.43. The lowest BCUT2D eigenvalue weighted by Gasteiger charge is -2.31. The average molecular weight is 1110 g/mol. The number of nitroso groups, excluding NO2 is 2. The average Bonchev–Trinajstić information content (AvgIpc) is 3.36. The van der Waals surface area contributed by atoms with Crippen molar-refractivity contribution in [3.05, 3.63) is 9.81 Å². The number of nitrogens with zero attached hydrogens (tertiary/aromatic N) is 2. The van der Waals surface area contributed by atoms with Gasteiger partial charge in [0.25, 0.3) is 0 Å². The molecule has 0 aliphatic carbocycles. The van der Waals surface area contributed by atoms with Gasteiger partial charge in [-0.2, -0.15) is 9.81 Å². The molecule has 446 valence electrons. The van der Waals surface area contributed by atoms with E-state index in [2.05, 4.69) is 68.8 Å². The highest BCUT2D eigenvalue weighted by atomic mass is 16.3. The molecule has 0 bridgehead atoms. The van der Waals surface area contributed by atoms with Crippen LogP contribution in [-0.4, -0.2) is 158 Å². The molecule has 0 aromatic heterocycles. The van der Waals surface area contributed by atoms with Crippen LogP contribution in [0.5, 0.6) is 0 Å². The van der Waals surface area contributed by atoms with Crippen molar-refractivity contribution in [3.8, 4) is 0 Å². The summed E-state index contributed by atoms with van der Waals surface area (Å²) in [7, 11) is 1.42. The van der Waals surface area contributed by atoms with Crippen LogP contribution >= 0.6 is 0 Å². The van der Waals surface area contributed by atoms with Crippen LogP contribution in [0.15, 0.2) is 10.4 Å². The number of hydrogen-bond acceptors (Lipinski definition) is 17. The van der Waals surface area contributed by atoms with E-state index in [0.29, 0.717) is 45.4 Å². The number of hydrogen-bond donors (Lipinski definition) is 13. The number of amides is 10. The number of rotatable bonds is 41. The number of carbonyl (C=O) groups is 10.